The number of aryl methyl sites for hydroxylation is 1. The molecule has 0 fully saturated rings. The van der Waals surface area contributed by atoms with Crippen molar-refractivity contribution >= 4 is 15.7 Å². The summed E-state index contributed by atoms with van der Waals surface area (Å²) in [4.78, 5) is 0.338. The summed E-state index contributed by atoms with van der Waals surface area (Å²) in [6.45, 7) is 9.52. The first kappa shape index (κ1) is 17.0. The molecule has 0 aliphatic carbocycles. The topological polar surface area (TPSA) is 72.2 Å². The second-order valence-electron chi connectivity index (χ2n) is 5.38. The minimum atomic E-state index is -3.53. The minimum absolute atomic E-state index is 0.0227. The van der Waals surface area contributed by atoms with Gasteiger partial charge in [0.2, 0.25) is 10.0 Å². The van der Waals surface area contributed by atoms with E-state index in [2.05, 4.69) is 11.6 Å². The standard InChI is InChI=1S/C15H26N2O2S/c1-6-8-13(7-2)17-20(18,19)15-11(4)10(3)9-14(16)12(15)5/h9,13,17H,6-8,16H2,1-5H3. The van der Waals surface area contributed by atoms with Gasteiger partial charge < -0.3 is 5.73 Å². The van der Waals surface area contributed by atoms with Gasteiger partial charge in [0.15, 0.2) is 0 Å². The molecule has 5 heteroatoms. The smallest absolute Gasteiger partial charge is 0.241 e. The normalized spacial score (nSPS) is 13.4. The van der Waals surface area contributed by atoms with E-state index < -0.39 is 10.0 Å². The molecule has 1 unspecified atom stereocenters. The zero-order valence-corrected chi connectivity index (χ0v) is 13.9. The van der Waals surface area contributed by atoms with E-state index in [0.717, 1.165) is 30.4 Å². The van der Waals surface area contributed by atoms with Crippen LogP contribution in [0, 0.1) is 20.8 Å². The van der Waals surface area contributed by atoms with E-state index in [1.165, 1.54) is 0 Å². The van der Waals surface area contributed by atoms with E-state index in [1.54, 1.807) is 6.92 Å². The van der Waals surface area contributed by atoms with Crippen LogP contribution in [0.5, 0.6) is 0 Å². The van der Waals surface area contributed by atoms with Crippen molar-refractivity contribution in [3.05, 3.63) is 22.8 Å². The number of benzene rings is 1. The molecule has 4 nitrogen and oxygen atoms in total. The molecule has 1 rings (SSSR count). The Morgan fingerprint density at radius 1 is 1.20 bits per heavy atom. The van der Waals surface area contributed by atoms with Crippen LogP contribution in [0.15, 0.2) is 11.0 Å². The molecule has 20 heavy (non-hydrogen) atoms. The number of anilines is 1. The molecule has 3 N–H and O–H groups in total. The van der Waals surface area contributed by atoms with Gasteiger partial charge in [0.05, 0.1) is 4.90 Å². The molecule has 0 aliphatic rings. The van der Waals surface area contributed by atoms with Crippen molar-refractivity contribution in [3.63, 3.8) is 0 Å². The SMILES string of the molecule is CCCC(CC)NS(=O)(=O)c1c(C)c(C)cc(N)c1C. The van der Waals surface area contributed by atoms with Crippen molar-refractivity contribution in [2.75, 3.05) is 5.73 Å². The lowest BCUT2D eigenvalue weighted by Crippen LogP contribution is -2.35. The van der Waals surface area contributed by atoms with Gasteiger partial charge >= 0.3 is 0 Å². The minimum Gasteiger partial charge on any atom is -0.398 e. The summed E-state index contributed by atoms with van der Waals surface area (Å²) < 4.78 is 28.1. The lowest BCUT2D eigenvalue weighted by Gasteiger charge is -2.20. The van der Waals surface area contributed by atoms with Gasteiger partial charge in [-0.25, -0.2) is 13.1 Å². The number of nitrogens with one attached hydrogen (secondary N) is 1. The zero-order valence-electron chi connectivity index (χ0n) is 13.1. The number of rotatable bonds is 6. The maximum atomic E-state index is 12.7. The van der Waals surface area contributed by atoms with E-state index in [-0.39, 0.29) is 6.04 Å². The van der Waals surface area contributed by atoms with Gasteiger partial charge in [-0.3, -0.25) is 0 Å². The molecule has 0 spiro atoms. The van der Waals surface area contributed by atoms with Gasteiger partial charge in [0.25, 0.3) is 0 Å². The highest BCUT2D eigenvalue weighted by Crippen LogP contribution is 2.28. The number of hydrogen-bond donors (Lipinski definition) is 2. The van der Waals surface area contributed by atoms with Crippen LogP contribution in [0.2, 0.25) is 0 Å². The molecule has 114 valence electrons. The molecule has 1 aromatic carbocycles. The van der Waals surface area contributed by atoms with Gasteiger partial charge in [-0.2, -0.15) is 0 Å². The van der Waals surface area contributed by atoms with Gasteiger partial charge in [-0.05, 0) is 56.4 Å². The lowest BCUT2D eigenvalue weighted by atomic mass is 10.1. The third-order valence-corrected chi connectivity index (χ3v) is 5.59. The Kier molecular flexibility index (Phi) is 5.59. The van der Waals surface area contributed by atoms with Crippen LogP contribution in [-0.2, 0) is 10.0 Å². The van der Waals surface area contributed by atoms with E-state index in [1.807, 2.05) is 26.8 Å². The summed E-state index contributed by atoms with van der Waals surface area (Å²) >= 11 is 0. The summed E-state index contributed by atoms with van der Waals surface area (Å²) in [5.41, 5.74) is 8.75. The monoisotopic (exact) mass is 298 g/mol. The first-order valence-corrected chi connectivity index (χ1v) is 8.61. The molecule has 0 aliphatic heterocycles. The fourth-order valence-corrected chi connectivity index (χ4v) is 4.34. The maximum Gasteiger partial charge on any atom is 0.241 e. The van der Waals surface area contributed by atoms with Crippen molar-refractivity contribution in [2.45, 2.75) is 64.8 Å². The van der Waals surface area contributed by atoms with E-state index in [0.29, 0.717) is 16.1 Å². The molecule has 0 amide bonds. The van der Waals surface area contributed by atoms with Crippen LogP contribution >= 0.6 is 0 Å². The second-order valence-corrected chi connectivity index (χ2v) is 7.03. The Morgan fingerprint density at radius 2 is 1.80 bits per heavy atom. The number of sulfonamides is 1. The average Bonchev–Trinajstić information content (AvgIpc) is 2.35. The molecule has 0 radical (unpaired) electrons. The van der Waals surface area contributed by atoms with Crippen LogP contribution in [-0.4, -0.2) is 14.5 Å². The fraction of sp³-hybridized carbons (Fsp3) is 0.600. The Bertz CT molecular complexity index is 554. The molecule has 1 atom stereocenters. The van der Waals surface area contributed by atoms with Crippen molar-refractivity contribution in [1.29, 1.82) is 0 Å². The Hall–Kier alpha value is -1.07. The largest absolute Gasteiger partial charge is 0.398 e. The highest BCUT2D eigenvalue weighted by atomic mass is 32.2. The summed E-state index contributed by atoms with van der Waals surface area (Å²) in [5, 5.41) is 0. The number of hydrogen-bond acceptors (Lipinski definition) is 3. The summed E-state index contributed by atoms with van der Waals surface area (Å²) in [5.74, 6) is 0. The first-order chi connectivity index (χ1) is 9.24. The fourth-order valence-electron chi connectivity index (χ4n) is 2.42. The van der Waals surface area contributed by atoms with Crippen LogP contribution in [0.3, 0.4) is 0 Å². The van der Waals surface area contributed by atoms with E-state index >= 15 is 0 Å². The number of nitrogen functional groups attached to an aromatic ring is 1. The Morgan fingerprint density at radius 3 is 2.30 bits per heavy atom. The molecular weight excluding hydrogens is 272 g/mol. The zero-order chi connectivity index (χ0) is 15.5. The van der Waals surface area contributed by atoms with Gasteiger partial charge in [0.1, 0.15) is 0 Å². The summed E-state index contributed by atoms with van der Waals surface area (Å²) in [7, 11) is -3.53. The van der Waals surface area contributed by atoms with Crippen molar-refractivity contribution in [3.8, 4) is 0 Å². The van der Waals surface area contributed by atoms with Crippen molar-refractivity contribution in [1.82, 2.24) is 4.72 Å². The molecule has 0 bridgehead atoms. The van der Waals surface area contributed by atoms with Crippen LogP contribution in [0.4, 0.5) is 5.69 Å². The molecule has 0 heterocycles. The van der Waals surface area contributed by atoms with Gasteiger partial charge in [-0.15, -0.1) is 0 Å². The van der Waals surface area contributed by atoms with E-state index in [9.17, 15) is 8.42 Å². The first-order valence-electron chi connectivity index (χ1n) is 7.13. The Labute approximate surface area is 122 Å². The van der Waals surface area contributed by atoms with Crippen LogP contribution in [0.1, 0.15) is 49.8 Å². The van der Waals surface area contributed by atoms with Gasteiger partial charge in [0, 0.05) is 11.7 Å². The summed E-state index contributed by atoms with van der Waals surface area (Å²) in [6, 6.07) is 1.80. The molecule has 1 aromatic rings. The van der Waals surface area contributed by atoms with Crippen molar-refractivity contribution < 1.29 is 8.42 Å². The third kappa shape index (κ3) is 3.52. The lowest BCUT2D eigenvalue weighted by molar-refractivity contribution is 0.512. The molecular formula is C15H26N2O2S. The highest BCUT2D eigenvalue weighted by molar-refractivity contribution is 7.89. The maximum absolute atomic E-state index is 12.7. The van der Waals surface area contributed by atoms with E-state index in [4.69, 9.17) is 5.73 Å². The van der Waals surface area contributed by atoms with Crippen LogP contribution < -0.4 is 10.5 Å². The number of nitrogens with two attached hydrogens (primary N) is 1. The molecule has 0 saturated heterocycles. The van der Waals surface area contributed by atoms with Crippen molar-refractivity contribution in [2.24, 2.45) is 0 Å². The third-order valence-electron chi connectivity index (χ3n) is 3.80. The summed E-state index contributed by atoms with van der Waals surface area (Å²) in [6.07, 6.45) is 2.58. The highest BCUT2D eigenvalue weighted by Gasteiger charge is 2.24. The second kappa shape index (κ2) is 6.59. The quantitative estimate of drug-likeness (QED) is 0.793. The molecule has 0 aromatic heterocycles. The predicted molar refractivity (Wildman–Crippen MR) is 84.4 cm³/mol. The average molecular weight is 298 g/mol. The molecule has 0 saturated carbocycles. The Balaban J connectivity index is 3.29. The van der Waals surface area contributed by atoms with Crippen LogP contribution in [0.25, 0.3) is 0 Å². The van der Waals surface area contributed by atoms with Gasteiger partial charge in [-0.1, -0.05) is 20.3 Å². The predicted octanol–water partition coefficient (Wildman–Crippen LogP) is 3.05.